The van der Waals surface area contributed by atoms with Crippen LogP contribution >= 0.6 is 0 Å². The maximum Gasteiger partial charge on any atom is 0.300 e. The standard InChI is InChI=1S/C21H22N4O2/c1-4-21(3)23-17-9-7-6-8-16(17)19-22-20(26)18(24-25(19)21)14-10-12-15(13-11-14)27-5-2/h6-13,23H,4-5H2,1-3H3/t21-/m0/s1. The number of rotatable bonds is 4. The summed E-state index contributed by atoms with van der Waals surface area (Å²) in [6, 6.07) is 15.2. The molecule has 1 aliphatic heterocycles. The van der Waals surface area contributed by atoms with Crippen molar-refractivity contribution in [2.24, 2.45) is 0 Å². The largest absolute Gasteiger partial charge is 0.494 e. The van der Waals surface area contributed by atoms with Crippen LogP contribution in [-0.4, -0.2) is 21.4 Å². The van der Waals surface area contributed by atoms with E-state index in [9.17, 15) is 4.79 Å². The Hall–Kier alpha value is -3.15. The lowest BCUT2D eigenvalue weighted by Gasteiger charge is -2.38. The molecule has 0 radical (unpaired) electrons. The Morgan fingerprint density at radius 1 is 1.11 bits per heavy atom. The van der Waals surface area contributed by atoms with Crippen molar-refractivity contribution >= 4 is 5.69 Å². The van der Waals surface area contributed by atoms with Crippen molar-refractivity contribution in [2.75, 3.05) is 11.9 Å². The Balaban J connectivity index is 1.89. The molecular weight excluding hydrogens is 340 g/mol. The van der Waals surface area contributed by atoms with Gasteiger partial charge in [-0.05, 0) is 56.7 Å². The predicted molar refractivity (Wildman–Crippen MR) is 106 cm³/mol. The fourth-order valence-corrected chi connectivity index (χ4v) is 3.33. The zero-order valence-electron chi connectivity index (χ0n) is 15.7. The highest BCUT2D eigenvalue weighted by molar-refractivity contribution is 5.76. The fraction of sp³-hybridized carbons (Fsp3) is 0.286. The van der Waals surface area contributed by atoms with Crippen molar-refractivity contribution in [1.29, 1.82) is 0 Å². The van der Waals surface area contributed by atoms with Gasteiger partial charge in [-0.1, -0.05) is 19.1 Å². The van der Waals surface area contributed by atoms with Gasteiger partial charge in [0.2, 0.25) is 0 Å². The average Bonchev–Trinajstić information content (AvgIpc) is 2.69. The average molecular weight is 362 g/mol. The molecule has 2 aromatic carbocycles. The van der Waals surface area contributed by atoms with E-state index in [0.717, 1.165) is 29.0 Å². The quantitative estimate of drug-likeness (QED) is 0.763. The molecule has 1 atom stereocenters. The van der Waals surface area contributed by atoms with Crippen molar-refractivity contribution in [1.82, 2.24) is 14.8 Å². The number of aromatic nitrogens is 3. The first-order chi connectivity index (χ1) is 13.1. The van der Waals surface area contributed by atoms with Gasteiger partial charge in [0.1, 0.15) is 11.4 Å². The highest BCUT2D eigenvalue weighted by Crippen LogP contribution is 2.37. The number of benzene rings is 2. The Kier molecular flexibility index (Phi) is 4.18. The summed E-state index contributed by atoms with van der Waals surface area (Å²) in [5, 5.41) is 8.26. The van der Waals surface area contributed by atoms with Crippen LogP contribution < -0.4 is 15.6 Å². The highest BCUT2D eigenvalue weighted by atomic mass is 16.5. The number of hydrogen-bond acceptors (Lipinski definition) is 5. The molecule has 0 unspecified atom stereocenters. The molecule has 6 heteroatoms. The minimum atomic E-state index is -0.468. The van der Waals surface area contributed by atoms with Gasteiger partial charge in [-0.15, -0.1) is 0 Å². The van der Waals surface area contributed by atoms with Crippen molar-refractivity contribution in [3.05, 3.63) is 58.9 Å². The van der Waals surface area contributed by atoms with E-state index in [1.54, 1.807) is 0 Å². The smallest absolute Gasteiger partial charge is 0.300 e. The van der Waals surface area contributed by atoms with Crippen LogP contribution in [0.25, 0.3) is 22.6 Å². The maximum absolute atomic E-state index is 12.8. The second kappa shape index (κ2) is 6.54. The fourth-order valence-electron chi connectivity index (χ4n) is 3.33. The summed E-state index contributed by atoms with van der Waals surface area (Å²) in [4.78, 5) is 17.2. The van der Waals surface area contributed by atoms with Gasteiger partial charge in [-0.3, -0.25) is 4.79 Å². The van der Waals surface area contributed by atoms with E-state index < -0.39 is 5.66 Å². The summed E-state index contributed by atoms with van der Waals surface area (Å²) in [7, 11) is 0. The molecule has 0 saturated heterocycles. The second-order valence-electron chi connectivity index (χ2n) is 6.76. The lowest BCUT2D eigenvalue weighted by Crippen LogP contribution is -2.44. The predicted octanol–water partition coefficient (Wildman–Crippen LogP) is 3.88. The van der Waals surface area contributed by atoms with Crippen LogP contribution in [0.15, 0.2) is 53.3 Å². The van der Waals surface area contributed by atoms with Crippen molar-refractivity contribution in [3.63, 3.8) is 0 Å². The molecule has 1 N–H and O–H groups in total. The van der Waals surface area contributed by atoms with Gasteiger partial charge in [0.15, 0.2) is 11.5 Å². The first kappa shape index (κ1) is 17.3. The van der Waals surface area contributed by atoms with E-state index in [1.807, 2.05) is 60.1 Å². The van der Waals surface area contributed by atoms with Crippen LogP contribution in [0.2, 0.25) is 0 Å². The monoisotopic (exact) mass is 362 g/mol. The Labute approximate surface area is 157 Å². The second-order valence-corrected chi connectivity index (χ2v) is 6.76. The van der Waals surface area contributed by atoms with Crippen LogP contribution in [0.5, 0.6) is 5.75 Å². The number of ether oxygens (including phenoxy) is 1. The zero-order chi connectivity index (χ0) is 19.0. The normalized spacial score (nSPS) is 17.6. The molecule has 1 aliphatic rings. The van der Waals surface area contributed by atoms with Crippen molar-refractivity contribution in [3.8, 4) is 28.4 Å². The third kappa shape index (κ3) is 2.87. The van der Waals surface area contributed by atoms with Crippen LogP contribution in [0.4, 0.5) is 5.69 Å². The summed E-state index contributed by atoms with van der Waals surface area (Å²) in [5.41, 5.74) is 2.10. The van der Waals surface area contributed by atoms with E-state index in [1.165, 1.54) is 0 Å². The molecule has 6 nitrogen and oxygen atoms in total. The number of hydrogen-bond donors (Lipinski definition) is 1. The number of nitrogens with zero attached hydrogens (tertiary/aromatic N) is 3. The molecule has 4 rings (SSSR count). The summed E-state index contributed by atoms with van der Waals surface area (Å²) >= 11 is 0. The molecule has 0 fully saturated rings. The molecule has 27 heavy (non-hydrogen) atoms. The third-order valence-corrected chi connectivity index (χ3v) is 4.98. The van der Waals surface area contributed by atoms with Gasteiger partial charge in [0.05, 0.1) is 6.61 Å². The SMILES string of the molecule is CCOc1ccc(-c2nn3c(nc2=O)-c2ccccc2N[C@]3(C)CC)cc1. The van der Waals surface area contributed by atoms with E-state index in [0.29, 0.717) is 18.1 Å². The molecule has 0 amide bonds. The summed E-state index contributed by atoms with van der Waals surface area (Å²) in [5.74, 6) is 1.36. The Bertz CT molecular complexity index is 1040. The number of nitrogens with one attached hydrogen (secondary N) is 1. The van der Waals surface area contributed by atoms with Crippen LogP contribution in [-0.2, 0) is 5.66 Å². The molecule has 0 bridgehead atoms. The molecule has 1 aromatic heterocycles. The van der Waals surface area contributed by atoms with E-state index in [4.69, 9.17) is 9.84 Å². The van der Waals surface area contributed by atoms with E-state index >= 15 is 0 Å². The van der Waals surface area contributed by atoms with Crippen molar-refractivity contribution in [2.45, 2.75) is 32.9 Å². The van der Waals surface area contributed by atoms with Gasteiger partial charge in [-0.25, -0.2) is 4.68 Å². The minimum absolute atomic E-state index is 0.333. The Morgan fingerprint density at radius 2 is 1.85 bits per heavy atom. The lowest BCUT2D eigenvalue weighted by molar-refractivity contribution is 0.312. The van der Waals surface area contributed by atoms with Crippen molar-refractivity contribution < 1.29 is 4.74 Å². The van der Waals surface area contributed by atoms with Crippen LogP contribution in [0, 0.1) is 0 Å². The highest BCUT2D eigenvalue weighted by Gasteiger charge is 2.34. The molecule has 0 aliphatic carbocycles. The van der Waals surface area contributed by atoms with Crippen LogP contribution in [0.3, 0.4) is 0 Å². The van der Waals surface area contributed by atoms with Gasteiger partial charge in [0, 0.05) is 16.8 Å². The van der Waals surface area contributed by atoms with Gasteiger partial charge < -0.3 is 10.1 Å². The number of para-hydroxylation sites is 1. The first-order valence-corrected chi connectivity index (χ1v) is 9.18. The van der Waals surface area contributed by atoms with E-state index in [2.05, 4.69) is 24.1 Å². The van der Waals surface area contributed by atoms with E-state index in [-0.39, 0.29) is 5.56 Å². The number of fused-ring (bicyclic) bond motifs is 3. The van der Waals surface area contributed by atoms with Gasteiger partial charge >= 0.3 is 0 Å². The molecule has 138 valence electrons. The third-order valence-electron chi connectivity index (χ3n) is 4.98. The van der Waals surface area contributed by atoms with Gasteiger partial charge in [0.25, 0.3) is 5.56 Å². The van der Waals surface area contributed by atoms with Crippen LogP contribution in [0.1, 0.15) is 27.2 Å². The van der Waals surface area contributed by atoms with Gasteiger partial charge in [-0.2, -0.15) is 10.1 Å². The molecule has 0 spiro atoms. The zero-order valence-corrected chi connectivity index (χ0v) is 15.7. The molecule has 2 heterocycles. The molecular formula is C21H22N4O2. The lowest BCUT2D eigenvalue weighted by atomic mass is 10.0. The molecule has 3 aromatic rings. The molecule has 0 saturated carbocycles. The maximum atomic E-state index is 12.8. The minimum Gasteiger partial charge on any atom is -0.494 e. The summed E-state index contributed by atoms with van der Waals surface area (Å²) < 4.78 is 7.31. The topological polar surface area (TPSA) is 69.0 Å². The summed E-state index contributed by atoms with van der Waals surface area (Å²) in [6.45, 7) is 6.68. The Morgan fingerprint density at radius 3 is 2.56 bits per heavy atom. The first-order valence-electron chi connectivity index (χ1n) is 9.18. The summed E-state index contributed by atoms with van der Waals surface area (Å²) in [6.07, 6.45) is 0.786. The number of anilines is 1.